The molecule has 0 aliphatic carbocycles. The Labute approximate surface area is 206 Å². The second-order valence-corrected chi connectivity index (χ2v) is 9.27. The number of ether oxygens (including phenoxy) is 1. The molecule has 0 bridgehead atoms. The third-order valence-electron chi connectivity index (χ3n) is 4.90. The van der Waals surface area contributed by atoms with Gasteiger partial charge in [0.15, 0.2) is 11.0 Å². The molecule has 0 fully saturated rings. The van der Waals surface area contributed by atoms with Gasteiger partial charge in [-0.2, -0.15) is 0 Å². The molecule has 9 heteroatoms. The molecule has 174 valence electrons. The zero-order valence-electron chi connectivity index (χ0n) is 19.1. The van der Waals surface area contributed by atoms with Crippen LogP contribution in [0.1, 0.15) is 23.2 Å². The number of aliphatic hydroxyl groups excluding tert-OH is 1. The Bertz CT molecular complexity index is 1310. The molecule has 0 unspecified atom stereocenters. The summed E-state index contributed by atoms with van der Waals surface area (Å²) in [5, 5.41) is 22.6. The molecule has 2 heterocycles. The highest BCUT2D eigenvalue weighted by Crippen LogP contribution is 2.31. The summed E-state index contributed by atoms with van der Waals surface area (Å²) < 4.78 is 7.12. The lowest BCUT2D eigenvalue weighted by atomic mass is 10.2. The monoisotopic (exact) mass is 492 g/mol. The van der Waals surface area contributed by atoms with Gasteiger partial charge in [-0.25, -0.2) is 9.78 Å². The highest BCUT2D eigenvalue weighted by atomic mass is 32.2. The molecule has 34 heavy (non-hydrogen) atoms. The molecule has 0 aliphatic rings. The Hall–Kier alpha value is -3.43. The molecule has 7 nitrogen and oxygen atoms in total. The van der Waals surface area contributed by atoms with Crippen molar-refractivity contribution in [1.29, 1.82) is 0 Å². The summed E-state index contributed by atoms with van der Waals surface area (Å²) in [5.74, 6) is 0.0833. The number of nitrogens with zero attached hydrogens (tertiary/aromatic N) is 4. The zero-order valence-corrected chi connectivity index (χ0v) is 20.7. The van der Waals surface area contributed by atoms with Crippen molar-refractivity contribution in [1.82, 2.24) is 19.7 Å². The van der Waals surface area contributed by atoms with Crippen molar-refractivity contribution >= 4 is 34.6 Å². The highest BCUT2D eigenvalue weighted by Gasteiger charge is 2.23. The first-order valence-electron chi connectivity index (χ1n) is 10.7. The van der Waals surface area contributed by atoms with E-state index in [0.29, 0.717) is 16.0 Å². The smallest absolute Gasteiger partial charge is 0.344 e. The maximum absolute atomic E-state index is 12.6. The fourth-order valence-electron chi connectivity index (χ4n) is 3.27. The number of thioether (sulfide) groups is 1. The van der Waals surface area contributed by atoms with E-state index in [1.165, 1.54) is 23.1 Å². The number of benzene rings is 2. The SMILES string of the molecule is CCOC(=O)C(=C(O)CSc1nnc(-c2ccccc2)n1-c1ccc(C)cc1)c1nc(C)cs1. The maximum Gasteiger partial charge on any atom is 0.344 e. The molecule has 0 radical (unpaired) electrons. The van der Waals surface area contributed by atoms with E-state index in [-0.39, 0.29) is 23.7 Å². The number of rotatable bonds is 8. The van der Waals surface area contributed by atoms with E-state index in [2.05, 4.69) is 15.2 Å². The van der Waals surface area contributed by atoms with Crippen molar-refractivity contribution in [3.8, 4) is 17.1 Å². The number of esters is 1. The number of hydrogen-bond acceptors (Lipinski definition) is 8. The molecule has 4 rings (SSSR count). The third kappa shape index (κ3) is 5.21. The van der Waals surface area contributed by atoms with Crippen LogP contribution in [0.4, 0.5) is 0 Å². The minimum Gasteiger partial charge on any atom is -0.510 e. The van der Waals surface area contributed by atoms with Crippen LogP contribution in [0.2, 0.25) is 0 Å². The van der Waals surface area contributed by atoms with E-state index in [1.54, 1.807) is 6.92 Å². The zero-order chi connectivity index (χ0) is 24.1. The topological polar surface area (TPSA) is 90.1 Å². The van der Waals surface area contributed by atoms with Crippen molar-refractivity contribution in [2.75, 3.05) is 12.4 Å². The van der Waals surface area contributed by atoms with Gasteiger partial charge >= 0.3 is 5.97 Å². The van der Waals surface area contributed by atoms with E-state index in [4.69, 9.17) is 4.74 Å². The van der Waals surface area contributed by atoms with Gasteiger partial charge in [0.25, 0.3) is 0 Å². The van der Waals surface area contributed by atoms with Gasteiger partial charge in [0.2, 0.25) is 0 Å². The fraction of sp³-hybridized carbons (Fsp3) is 0.200. The summed E-state index contributed by atoms with van der Waals surface area (Å²) in [7, 11) is 0. The first-order valence-corrected chi connectivity index (χ1v) is 12.6. The Morgan fingerprint density at radius 2 is 1.82 bits per heavy atom. The van der Waals surface area contributed by atoms with Crippen LogP contribution in [0, 0.1) is 13.8 Å². The van der Waals surface area contributed by atoms with E-state index in [9.17, 15) is 9.90 Å². The predicted octanol–water partition coefficient (Wildman–Crippen LogP) is 5.63. The summed E-state index contributed by atoms with van der Waals surface area (Å²) in [6, 6.07) is 17.9. The van der Waals surface area contributed by atoms with Crippen LogP contribution in [-0.2, 0) is 9.53 Å². The van der Waals surface area contributed by atoms with E-state index in [1.807, 2.05) is 78.4 Å². The predicted molar refractivity (Wildman–Crippen MR) is 135 cm³/mol. The van der Waals surface area contributed by atoms with Crippen LogP contribution < -0.4 is 0 Å². The minimum atomic E-state index is -0.597. The number of aromatic nitrogens is 4. The number of thiazole rings is 1. The molecule has 0 atom stereocenters. The van der Waals surface area contributed by atoms with Crippen molar-refractivity contribution in [3.05, 3.63) is 82.0 Å². The van der Waals surface area contributed by atoms with Gasteiger partial charge < -0.3 is 9.84 Å². The van der Waals surface area contributed by atoms with Crippen molar-refractivity contribution in [2.45, 2.75) is 25.9 Å². The standard InChI is InChI=1S/C25H24N4O3S2/c1-4-32-24(31)21(23-26-17(3)14-33-23)20(30)15-34-25-28-27-22(18-8-6-5-7-9-18)29(25)19-12-10-16(2)11-13-19/h5-14,30H,4,15H2,1-3H3. The van der Waals surface area contributed by atoms with Crippen LogP contribution >= 0.6 is 23.1 Å². The summed E-state index contributed by atoms with van der Waals surface area (Å²) in [5.41, 5.74) is 3.82. The second kappa shape index (κ2) is 10.7. The Morgan fingerprint density at radius 3 is 2.47 bits per heavy atom. The number of hydrogen-bond donors (Lipinski definition) is 1. The van der Waals surface area contributed by atoms with Crippen molar-refractivity contribution in [2.24, 2.45) is 0 Å². The lowest BCUT2D eigenvalue weighted by molar-refractivity contribution is -0.136. The van der Waals surface area contributed by atoms with Gasteiger partial charge in [-0.05, 0) is 32.9 Å². The molecule has 0 aliphatic heterocycles. The molecule has 2 aromatic heterocycles. The fourth-order valence-corrected chi connectivity index (χ4v) is 4.95. The Balaban J connectivity index is 1.71. The number of aliphatic hydroxyl groups is 1. The van der Waals surface area contributed by atoms with Crippen LogP contribution in [0.5, 0.6) is 0 Å². The summed E-state index contributed by atoms with van der Waals surface area (Å²) in [6.45, 7) is 5.80. The first kappa shape index (κ1) is 23.7. The number of carbonyl (C=O) groups excluding carboxylic acids is 1. The maximum atomic E-state index is 12.6. The normalized spacial score (nSPS) is 11.9. The van der Waals surface area contributed by atoms with E-state index < -0.39 is 5.97 Å². The van der Waals surface area contributed by atoms with E-state index in [0.717, 1.165) is 22.5 Å². The second-order valence-electron chi connectivity index (χ2n) is 7.47. The van der Waals surface area contributed by atoms with Gasteiger partial charge in [-0.1, -0.05) is 59.8 Å². The van der Waals surface area contributed by atoms with Gasteiger partial charge in [0, 0.05) is 22.3 Å². The van der Waals surface area contributed by atoms with Gasteiger partial charge in [0.05, 0.1) is 12.4 Å². The average Bonchev–Trinajstić information content (AvgIpc) is 3.45. The summed E-state index contributed by atoms with van der Waals surface area (Å²) >= 11 is 2.58. The lowest BCUT2D eigenvalue weighted by Crippen LogP contribution is -2.10. The first-order chi connectivity index (χ1) is 16.5. The lowest BCUT2D eigenvalue weighted by Gasteiger charge is -2.11. The largest absolute Gasteiger partial charge is 0.510 e. The molecule has 0 saturated heterocycles. The summed E-state index contributed by atoms with van der Waals surface area (Å²) in [4.78, 5) is 17.0. The van der Waals surface area contributed by atoms with Gasteiger partial charge in [0.1, 0.15) is 16.3 Å². The molecular formula is C25H24N4O3S2. The molecular weight excluding hydrogens is 468 g/mol. The highest BCUT2D eigenvalue weighted by molar-refractivity contribution is 7.99. The third-order valence-corrected chi connectivity index (χ3v) is 6.81. The van der Waals surface area contributed by atoms with Crippen LogP contribution in [0.25, 0.3) is 22.6 Å². The quantitative estimate of drug-likeness (QED) is 0.147. The molecule has 2 aromatic carbocycles. The molecule has 4 aromatic rings. The Morgan fingerprint density at radius 1 is 1.09 bits per heavy atom. The molecule has 0 spiro atoms. The van der Waals surface area contributed by atoms with Crippen LogP contribution in [-0.4, -0.2) is 43.2 Å². The van der Waals surface area contributed by atoms with Crippen molar-refractivity contribution < 1.29 is 14.6 Å². The Kier molecular flexibility index (Phi) is 7.44. The van der Waals surface area contributed by atoms with Crippen LogP contribution in [0.3, 0.4) is 0 Å². The summed E-state index contributed by atoms with van der Waals surface area (Å²) in [6.07, 6.45) is 0. The minimum absolute atomic E-state index is 0.0807. The average molecular weight is 493 g/mol. The number of aryl methyl sites for hydroxylation is 2. The van der Waals surface area contributed by atoms with E-state index >= 15 is 0 Å². The number of carbonyl (C=O) groups is 1. The molecule has 1 N–H and O–H groups in total. The van der Waals surface area contributed by atoms with Crippen molar-refractivity contribution in [3.63, 3.8) is 0 Å². The van der Waals surface area contributed by atoms with Gasteiger partial charge in [-0.3, -0.25) is 4.57 Å². The molecule has 0 saturated carbocycles. The molecule has 0 amide bonds. The van der Waals surface area contributed by atoms with Gasteiger partial charge in [-0.15, -0.1) is 21.5 Å². The van der Waals surface area contributed by atoms with Crippen LogP contribution in [0.15, 0.2) is 70.9 Å².